The summed E-state index contributed by atoms with van der Waals surface area (Å²) in [5.74, 6) is 0.695. The first-order valence-corrected chi connectivity index (χ1v) is 7.09. The van der Waals surface area contributed by atoms with E-state index in [9.17, 15) is 0 Å². The van der Waals surface area contributed by atoms with Crippen LogP contribution >= 0.6 is 23.8 Å². The van der Waals surface area contributed by atoms with Gasteiger partial charge in [0.25, 0.3) is 0 Å². The molecule has 0 bridgehead atoms. The monoisotopic (exact) mass is 304 g/mol. The standard InChI is InChI=1S/C15H13ClN2OS/c16-11-5-1-4-8-14(11)19-10-9-18-13-7-3-2-6-12(13)17-15(18)20/h1-8H,9-10H2,(H,17,20). The van der Waals surface area contributed by atoms with Crippen LogP contribution in [0.2, 0.25) is 5.02 Å². The van der Waals surface area contributed by atoms with Crippen LogP contribution in [0, 0.1) is 4.77 Å². The van der Waals surface area contributed by atoms with Crippen LogP contribution in [-0.2, 0) is 6.54 Å². The number of imidazole rings is 1. The van der Waals surface area contributed by atoms with Gasteiger partial charge in [0, 0.05) is 0 Å². The van der Waals surface area contributed by atoms with Crippen molar-refractivity contribution >= 4 is 34.9 Å². The van der Waals surface area contributed by atoms with E-state index in [0.29, 0.717) is 28.7 Å². The molecule has 2 aromatic carbocycles. The third-order valence-corrected chi connectivity index (χ3v) is 3.73. The fraction of sp³-hybridized carbons (Fsp3) is 0.133. The van der Waals surface area contributed by atoms with Crippen LogP contribution < -0.4 is 4.74 Å². The highest BCUT2D eigenvalue weighted by atomic mass is 35.5. The van der Waals surface area contributed by atoms with Crippen molar-refractivity contribution in [3.05, 3.63) is 58.3 Å². The van der Waals surface area contributed by atoms with Gasteiger partial charge in [-0.1, -0.05) is 35.9 Å². The number of hydrogen-bond donors (Lipinski definition) is 1. The lowest BCUT2D eigenvalue weighted by molar-refractivity contribution is 0.299. The molecule has 0 aliphatic rings. The number of hydrogen-bond acceptors (Lipinski definition) is 2. The number of aromatic amines is 1. The Balaban J connectivity index is 1.76. The van der Waals surface area contributed by atoms with Crippen molar-refractivity contribution in [1.29, 1.82) is 0 Å². The fourth-order valence-electron chi connectivity index (χ4n) is 2.14. The SMILES string of the molecule is S=c1[nH]c2ccccc2n1CCOc1ccccc1Cl. The molecule has 5 heteroatoms. The minimum Gasteiger partial charge on any atom is -0.490 e. The van der Waals surface area contributed by atoms with E-state index in [-0.39, 0.29) is 0 Å². The number of benzene rings is 2. The van der Waals surface area contributed by atoms with E-state index in [4.69, 9.17) is 28.6 Å². The normalized spacial score (nSPS) is 10.8. The first-order valence-electron chi connectivity index (χ1n) is 6.30. The first-order chi connectivity index (χ1) is 9.75. The molecular formula is C15H13ClN2OS. The van der Waals surface area contributed by atoms with Gasteiger partial charge in [0.05, 0.1) is 22.6 Å². The highest BCUT2D eigenvalue weighted by Crippen LogP contribution is 2.23. The van der Waals surface area contributed by atoms with E-state index in [0.717, 1.165) is 11.0 Å². The second-order valence-electron chi connectivity index (χ2n) is 4.38. The van der Waals surface area contributed by atoms with Crippen LogP contribution in [0.1, 0.15) is 0 Å². The summed E-state index contributed by atoms with van der Waals surface area (Å²) in [7, 11) is 0. The molecule has 1 aromatic heterocycles. The molecule has 0 aliphatic carbocycles. The maximum Gasteiger partial charge on any atom is 0.178 e. The van der Waals surface area contributed by atoms with E-state index in [1.165, 1.54) is 0 Å². The number of ether oxygens (including phenoxy) is 1. The van der Waals surface area contributed by atoms with Gasteiger partial charge >= 0.3 is 0 Å². The molecule has 0 aliphatic heterocycles. The number of nitrogens with zero attached hydrogens (tertiary/aromatic N) is 1. The molecule has 0 unspecified atom stereocenters. The van der Waals surface area contributed by atoms with Crippen LogP contribution in [0.25, 0.3) is 11.0 Å². The quantitative estimate of drug-likeness (QED) is 0.723. The summed E-state index contributed by atoms with van der Waals surface area (Å²) >= 11 is 11.4. The molecule has 0 saturated carbocycles. The van der Waals surface area contributed by atoms with Gasteiger partial charge in [-0.3, -0.25) is 0 Å². The molecule has 0 amide bonds. The Morgan fingerprint density at radius 1 is 1.10 bits per heavy atom. The first kappa shape index (κ1) is 13.2. The van der Waals surface area contributed by atoms with Gasteiger partial charge in [0.15, 0.2) is 4.77 Å². The van der Waals surface area contributed by atoms with Gasteiger partial charge in [-0.05, 0) is 36.5 Å². The van der Waals surface area contributed by atoms with Crippen LogP contribution in [0.5, 0.6) is 5.75 Å². The summed E-state index contributed by atoms with van der Waals surface area (Å²) in [6.07, 6.45) is 0. The second-order valence-corrected chi connectivity index (χ2v) is 5.17. The predicted molar refractivity (Wildman–Crippen MR) is 84.1 cm³/mol. The minimum absolute atomic E-state index is 0.514. The molecule has 0 atom stereocenters. The Labute approximate surface area is 126 Å². The zero-order valence-electron chi connectivity index (χ0n) is 10.7. The van der Waals surface area contributed by atoms with Crippen LogP contribution in [0.15, 0.2) is 48.5 Å². The van der Waals surface area contributed by atoms with E-state index in [1.54, 1.807) is 0 Å². The lowest BCUT2D eigenvalue weighted by Crippen LogP contribution is -2.08. The third-order valence-electron chi connectivity index (χ3n) is 3.09. The summed E-state index contributed by atoms with van der Waals surface area (Å²) in [5, 5.41) is 0.620. The average molecular weight is 305 g/mol. The average Bonchev–Trinajstić information content (AvgIpc) is 2.77. The Morgan fingerprint density at radius 2 is 1.85 bits per heavy atom. The van der Waals surface area contributed by atoms with Crippen molar-refractivity contribution in [2.75, 3.05) is 6.61 Å². The number of nitrogens with one attached hydrogen (secondary N) is 1. The van der Waals surface area contributed by atoms with Crippen molar-refractivity contribution in [1.82, 2.24) is 9.55 Å². The third kappa shape index (κ3) is 2.57. The second kappa shape index (κ2) is 5.69. The Bertz CT molecular complexity index is 794. The highest BCUT2D eigenvalue weighted by Gasteiger charge is 2.04. The zero-order valence-corrected chi connectivity index (χ0v) is 12.2. The molecule has 20 heavy (non-hydrogen) atoms. The Morgan fingerprint density at radius 3 is 2.70 bits per heavy atom. The molecule has 0 fully saturated rings. The van der Waals surface area contributed by atoms with Crippen molar-refractivity contribution in [2.45, 2.75) is 6.54 Å². The van der Waals surface area contributed by atoms with Crippen LogP contribution in [0.4, 0.5) is 0 Å². The summed E-state index contributed by atoms with van der Waals surface area (Å²) in [6.45, 7) is 1.19. The van der Waals surface area contributed by atoms with Crippen LogP contribution in [0.3, 0.4) is 0 Å². The number of H-pyrrole nitrogens is 1. The summed E-state index contributed by atoms with van der Waals surface area (Å²) < 4.78 is 8.43. The van der Waals surface area contributed by atoms with E-state index in [1.807, 2.05) is 53.1 Å². The molecule has 3 rings (SSSR count). The lowest BCUT2D eigenvalue weighted by atomic mass is 10.3. The van der Waals surface area contributed by atoms with E-state index in [2.05, 4.69) is 4.98 Å². The maximum atomic E-state index is 6.05. The summed E-state index contributed by atoms with van der Waals surface area (Å²) in [6, 6.07) is 15.5. The number of fused-ring (bicyclic) bond motifs is 1. The Kier molecular flexibility index (Phi) is 3.76. The van der Waals surface area contributed by atoms with Crippen molar-refractivity contribution < 1.29 is 4.74 Å². The minimum atomic E-state index is 0.514. The number of halogens is 1. The topological polar surface area (TPSA) is 29.9 Å². The molecule has 1 N–H and O–H groups in total. The maximum absolute atomic E-state index is 6.05. The van der Waals surface area contributed by atoms with Gasteiger partial charge in [-0.2, -0.15) is 0 Å². The predicted octanol–water partition coefficient (Wildman–Crippen LogP) is 4.43. The van der Waals surface area contributed by atoms with Gasteiger partial charge in [-0.25, -0.2) is 0 Å². The fourth-order valence-corrected chi connectivity index (χ4v) is 2.63. The van der Waals surface area contributed by atoms with Crippen molar-refractivity contribution in [3.8, 4) is 5.75 Å². The Hall–Kier alpha value is -1.78. The van der Waals surface area contributed by atoms with Crippen LogP contribution in [-0.4, -0.2) is 16.2 Å². The van der Waals surface area contributed by atoms with E-state index < -0.39 is 0 Å². The molecular weight excluding hydrogens is 292 g/mol. The van der Waals surface area contributed by atoms with E-state index >= 15 is 0 Å². The van der Waals surface area contributed by atoms with Crippen molar-refractivity contribution in [2.24, 2.45) is 0 Å². The molecule has 102 valence electrons. The van der Waals surface area contributed by atoms with Crippen molar-refractivity contribution in [3.63, 3.8) is 0 Å². The number of para-hydroxylation sites is 3. The molecule has 0 saturated heterocycles. The molecule has 1 heterocycles. The number of aromatic nitrogens is 2. The molecule has 3 nitrogen and oxygen atoms in total. The van der Waals surface area contributed by atoms with Gasteiger partial charge < -0.3 is 14.3 Å². The zero-order chi connectivity index (χ0) is 13.9. The van der Waals surface area contributed by atoms with Gasteiger partial charge in [0.2, 0.25) is 0 Å². The van der Waals surface area contributed by atoms with Gasteiger partial charge in [-0.15, -0.1) is 0 Å². The lowest BCUT2D eigenvalue weighted by Gasteiger charge is -2.09. The highest BCUT2D eigenvalue weighted by molar-refractivity contribution is 7.71. The number of rotatable bonds is 4. The molecule has 0 radical (unpaired) electrons. The summed E-state index contributed by atoms with van der Waals surface area (Å²) in [5.41, 5.74) is 2.12. The summed E-state index contributed by atoms with van der Waals surface area (Å²) in [4.78, 5) is 3.18. The molecule has 3 aromatic rings. The largest absolute Gasteiger partial charge is 0.490 e. The van der Waals surface area contributed by atoms with Gasteiger partial charge in [0.1, 0.15) is 12.4 Å². The smallest absolute Gasteiger partial charge is 0.178 e. The molecule has 0 spiro atoms.